The molecule has 1 fully saturated rings. The maximum absolute atomic E-state index is 6.26. The standard InChI is InChI=1S/C16H33NO4/c1-6-9-17-15-14(11-19-5)21-13(10-18-4)12(7-2)16(15)20-8-3/h12-17H,6-11H2,1-5H3. The first-order chi connectivity index (χ1) is 10.2. The molecule has 0 aliphatic carbocycles. The Morgan fingerprint density at radius 1 is 1.00 bits per heavy atom. The van der Waals surface area contributed by atoms with Gasteiger partial charge in [-0.1, -0.05) is 13.8 Å². The van der Waals surface area contributed by atoms with Gasteiger partial charge < -0.3 is 24.3 Å². The summed E-state index contributed by atoms with van der Waals surface area (Å²) in [4.78, 5) is 0. The quantitative estimate of drug-likeness (QED) is 0.667. The van der Waals surface area contributed by atoms with Crippen LogP contribution in [0.25, 0.3) is 0 Å². The molecule has 5 nitrogen and oxygen atoms in total. The zero-order chi connectivity index (χ0) is 15.7. The molecule has 5 heteroatoms. The highest BCUT2D eigenvalue weighted by Gasteiger charge is 2.45. The SMILES string of the molecule is CCCNC1C(COC)OC(COC)C(CC)C1OCC. The molecular weight excluding hydrogens is 270 g/mol. The van der Waals surface area contributed by atoms with E-state index in [2.05, 4.69) is 26.1 Å². The molecule has 0 spiro atoms. The van der Waals surface area contributed by atoms with Gasteiger partial charge in [-0.3, -0.25) is 0 Å². The van der Waals surface area contributed by atoms with E-state index in [1.54, 1.807) is 14.2 Å². The summed E-state index contributed by atoms with van der Waals surface area (Å²) in [6.07, 6.45) is 2.31. The fourth-order valence-corrected chi connectivity index (χ4v) is 3.21. The Kier molecular flexibility index (Phi) is 9.44. The van der Waals surface area contributed by atoms with Gasteiger partial charge in [0.15, 0.2) is 0 Å². The molecule has 0 amide bonds. The minimum absolute atomic E-state index is 0.000972. The van der Waals surface area contributed by atoms with Crippen molar-refractivity contribution in [3.63, 3.8) is 0 Å². The Hall–Kier alpha value is -0.200. The van der Waals surface area contributed by atoms with Crippen molar-refractivity contribution in [3.05, 3.63) is 0 Å². The van der Waals surface area contributed by atoms with Crippen LogP contribution in [0.1, 0.15) is 33.6 Å². The van der Waals surface area contributed by atoms with Crippen LogP contribution >= 0.6 is 0 Å². The predicted octanol–water partition coefficient (Wildman–Crippen LogP) is 1.85. The van der Waals surface area contributed by atoms with Crippen molar-refractivity contribution >= 4 is 0 Å². The van der Waals surface area contributed by atoms with E-state index in [0.717, 1.165) is 19.4 Å². The van der Waals surface area contributed by atoms with Crippen molar-refractivity contribution in [2.45, 2.75) is 58.0 Å². The summed E-state index contributed by atoms with van der Waals surface area (Å²) in [6, 6.07) is 0.169. The topological polar surface area (TPSA) is 49.0 Å². The third-order valence-electron chi connectivity index (χ3n) is 4.13. The van der Waals surface area contributed by atoms with Gasteiger partial charge in [0.2, 0.25) is 0 Å². The largest absolute Gasteiger partial charge is 0.382 e. The molecule has 5 unspecified atom stereocenters. The maximum atomic E-state index is 6.26. The van der Waals surface area contributed by atoms with Crippen LogP contribution in [0.3, 0.4) is 0 Å². The third-order valence-corrected chi connectivity index (χ3v) is 4.13. The van der Waals surface area contributed by atoms with E-state index in [9.17, 15) is 0 Å². The maximum Gasteiger partial charge on any atom is 0.0991 e. The van der Waals surface area contributed by atoms with Gasteiger partial charge in [0.05, 0.1) is 37.6 Å². The van der Waals surface area contributed by atoms with E-state index >= 15 is 0 Å². The van der Waals surface area contributed by atoms with Crippen molar-refractivity contribution < 1.29 is 18.9 Å². The van der Waals surface area contributed by atoms with E-state index in [-0.39, 0.29) is 24.4 Å². The number of rotatable bonds is 10. The van der Waals surface area contributed by atoms with Gasteiger partial charge in [-0.2, -0.15) is 0 Å². The monoisotopic (exact) mass is 303 g/mol. The second kappa shape index (κ2) is 10.5. The van der Waals surface area contributed by atoms with Gasteiger partial charge in [0.1, 0.15) is 0 Å². The second-order valence-corrected chi connectivity index (χ2v) is 5.60. The molecule has 1 heterocycles. The normalized spacial score (nSPS) is 33.3. The van der Waals surface area contributed by atoms with Gasteiger partial charge in [-0.15, -0.1) is 0 Å². The Labute approximate surface area is 129 Å². The molecule has 0 aromatic rings. The predicted molar refractivity (Wildman–Crippen MR) is 83.7 cm³/mol. The first-order valence-corrected chi connectivity index (χ1v) is 8.21. The summed E-state index contributed by atoms with van der Waals surface area (Å²) in [5, 5.41) is 3.60. The molecular formula is C16H33NO4. The molecule has 1 saturated heterocycles. The van der Waals surface area contributed by atoms with Gasteiger partial charge in [-0.25, -0.2) is 0 Å². The number of nitrogens with one attached hydrogen (secondary N) is 1. The highest BCUT2D eigenvalue weighted by molar-refractivity contribution is 4.96. The Morgan fingerprint density at radius 3 is 2.19 bits per heavy atom. The fourth-order valence-electron chi connectivity index (χ4n) is 3.21. The molecule has 21 heavy (non-hydrogen) atoms. The zero-order valence-corrected chi connectivity index (χ0v) is 14.3. The molecule has 0 saturated carbocycles. The van der Waals surface area contributed by atoms with Gasteiger partial charge >= 0.3 is 0 Å². The zero-order valence-electron chi connectivity index (χ0n) is 14.3. The lowest BCUT2D eigenvalue weighted by molar-refractivity contribution is -0.195. The second-order valence-electron chi connectivity index (χ2n) is 5.60. The van der Waals surface area contributed by atoms with Crippen LogP contribution in [0.4, 0.5) is 0 Å². The Balaban J connectivity index is 2.91. The van der Waals surface area contributed by atoms with Gasteiger partial charge in [-0.05, 0) is 26.3 Å². The Bertz CT molecular complexity index is 265. The fraction of sp³-hybridized carbons (Fsp3) is 1.00. The van der Waals surface area contributed by atoms with Crippen LogP contribution in [0, 0.1) is 5.92 Å². The summed E-state index contributed by atoms with van der Waals surface area (Å²) in [7, 11) is 3.44. The molecule has 1 aliphatic rings. The van der Waals surface area contributed by atoms with Crippen molar-refractivity contribution in [1.29, 1.82) is 0 Å². The van der Waals surface area contributed by atoms with Crippen LogP contribution in [-0.4, -0.2) is 64.9 Å². The first-order valence-electron chi connectivity index (χ1n) is 8.21. The minimum Gasteiger partial charge on any atom is -0.382 e. The summed E-state index contributed by atoms with van der Waals surface area (Å²) in [5.41, 5.74) is 0. The minimum atomic E-state index is 0.000972. The van der Waals surface area contributed by atoms with E-state index < -0.39 is 0 Å². The lowest BCUT2D eigenvalue weighted by Gasteiger charge is -2.47. The summed E-state index contributed by atoms with van der Waals surface area (Å²) >= 11 is 0. The van der Waals surface area contributed by atoms with E-state index in [0.29, 0.717) is 25.7 Å². The van der Waals surface area contributed by atoms with Crippen molar-refractivity contribution in [1.82, 2.24) is 5.32 Å². The number of methoxy groups -OCH3 is 2. The average Bonchev–Trinajstić information content (AvgIpc) is 2.48. The Morgan fingerprint density at radius 2 is 1.67 bits per heavy atom. The van der Waals surface area contributed by atoms with E-state index in [4.69, 9.17) is 18.9 Å². The highest BCUT2D eigenvalue weighted by Crippen LogP contribution is 2.31. The van der Waals surface area contributed by atoms with Crippen molar-refractivity contribution in [3.8, 4) is 0 Å². The van der Waals surface area contributed by atoms with Crippen molar-refractivity contribution in [2.24, 2.45) is 5.92 Å². The third kappa shape index (κ3) is 5.18. The lowest BCUT2D eigenvalue weighted by Crippen LogP contribution is -2.62. The van der Waals surface area contributed by atoms with Gasteiger partial charge in [0.25, 0.3) is 0 Å². The van der Waals surface area contributed by atoms with Crippen LogP contribution < -0.4 is 5.32 Å². The summed E-state index contributed by atoms with van der Waals surface area (Å²) in [5.74, 6) is 0.340. The van der Waals surface area contributed by atoms with Crippen LogP contribution in [-0.2, 0) is 18.9 Å². The van der Waals surface area contributed by atoms with E-state index in [1.807, 2.05) is 0 Å². The highest BCUT2D eigenvalue weighted by atomic mass is 16.6. The van der Waals surface area contributed by atoms with E-state index in [1.165, 1.54) is 0 Å². The number of hydrogen-bond donors (Lipinski definition) is 1. The van der Waals surface area contributed by atoms with Crippen LogP contribution in [0.15, 0.2) is 0 Å². The molecule has 5 atom stereocenters. The molecule has 1 rings (SSSR count). The first kappa shape index (κ1) is 18.8. The molecule has 0 bridgehead atoms. The molecule has 126 valence electrons. The number of hydrogen-bond acceptors (Lipinski definition) is 5. The molecule has 1 N–H and O–H groups in total. The van der Waals surface area contributed by atoms with Gasteiger partial charge in [0, 0.05) is 26.7 Å². The average molecular weight is 303 g/mol. The smallest absolute Gasteiger partial charge is 0.0991 e. The molecule has 0 radical (unpaired) electrons. The molecule has 0 aromatic heterocycles. The molecule has 0 aromatic carbocycles. The van der Waals surface area contributed by atoms with Crippen molar-refractivity contribution in [2.75, 3.05) is 40.6 Å². The number of ether oxygens (including phenoxy) is 4. The lowest BCUT2D eigenvalue weighted by atomic mass is 9.83. The summed E-state index contributed by atoms with van der Waals surface area (Å²) in [6.45, 7) is 9.26. The van der Waals surface area contributed by atoms with Crippen LogP contribution in [0.5, 0.6) is 0 Å². The van der Waals surface area contributed by atoms with Crippen LogP contribution in [0.2, 0.25) is 0 Å². The molecule has 1 aliphatic heterocycles. The summed E-state index contributed by atoms with van der Waals surface area (Å²) < 4.78 is 23.1.